The fourth-order valence-electron chi connectivity index (χ4n) is 1.82. The summed E-state index contributed by atoms with van der Waals surface area (Å²) in [6.07, 6.45) is 6.97. The molecule has 1 aliphatic carbocycles. The van der Waals surface area contributed by atoms with Gasteiger partial charge in [-0.3, -0.25) is 4.98 Å². The van der Waals surface area contributed by atoms with Crippen LogP contribution in [-0.4, -0.2) is 17.1 Å². The van der Waals surface area contributed by atoms with Gasteiger partial charge in [0, 0.05) is 12.6 Å². The monoisotopic (exact) mass is 234 g/mol. The van der Waals surface area contributed by atoms with E-state index in [0.717, 1.165) is 36.9 Å². The molecule has 0 aromatic carbocycles. The van der Waals surface area contributed by atoms with Crippen LogP contribution in [0.3, 0.4) is 0 Å². The van der Waals surface area contributed by atoms with E-state index in [1.54, 1.807) is 0 Å². The van der Waals surface area contributed by atoms with Crippen LogP contribution < -0.4 is 10.1 Å². The molecule has 1 N–H and O–H groups in total. The Labute approximate surface area is 104 Å². The first kappa shape index (κ1) is 12.4. The van der Waals surface area contributed by atoms with Crippen molar-refractivity contribution in [2.24, 2.45) is 0 Å². The van der Waals surface area contributed by atoms with Crippen LogP contribution in [0.25, 0.3) is 0 Å². The number of hydrogen-bond donors (Lipinski definition) is 1. The normalized spacial score (nSPS) is 16.8. The Morgan fingerprint density at radius 3 is 2.88 bits per heavy atom. The molecule has 0 bridgehead atoms. The van der Waals surface area contributed by atoms with Gasteiger partial charge in [-0.1, -0.05) is 13.3 Å². The molecule has 17 heavy (non-hydrogen) atoms. The molecule has 1 atom stereocenters. The minimum Gasteiger partial charge on any atom is -0.489 e. The van der Waals surface area contributed by atoms with Crippen LogP contribution in [0.15, 0.2) is 18.3 Å². The van der Waals surface area contributed by atoms with Gasteiger partial charge in [-0.15, -0.1) is 0 Å². The van der Waals surface area contributed by atoms with Crippen molar-refractivity contribution in [2.75, 3.05) is 0 Å². The molecule has 0 aliphatic heterocycles. The Hall–Kier alpha value is -1.09. The SMILES string of the molecule is CCCC(C)Oc1ccc(CNC2CC2)nc1. The summed E-state index contributed by atoms with van der Waals surface area (Å²) in [5, 5.41) is 3.45. The lowest BCUT2D eigenvalue weighted by Crippen LogP contribution is -2.16. The smallest absolute Gasteiger partial charge is 0.138 e. The van der Waals surface area contributed by atoms with Gasteiger partial charge in [0.25, 0.3) is 0 Å². The molecule has 1 heterocycles. The highest BCUT2D eigenvalue weighted by molar-refractivity contribution is 5.20. The third-order valence-electron chi connectivity index (χ3n) is 2.98. The first-order chi connectivity index (χ1) is 8.28. The quantitative estimate of drug-likeness (QED) is 0.787. The molecule has 3 heteroatoms. The third kappa shape index (κ3) is 4.35. The van der Waals surface area contributed by atoms with Crippen molar-refractivity contribution in [3.8, 4) is 5.75 Å². The number of nitrogens with one attached hydrogen (secondary N) is 1. The first-order valence-electron chi connectivity index (χ1n) is 6.63. The molecule has 1 fully saturated rings. The largest absolute Gasteiger partial charge is 0.489 e. The molecule has 2 rings (SSSR count). The zero-order chi connectivity index (χ0) is 12.1. The predicted octanol–water partition coefficient (Wildman–Crippen LogP) is 2.90. The van der Waals surface area contributed by atoms with E-state index in [9.17, 15) is 0 Å². The molecular weight excluding hydrogens is 212 g/mol. The second-order valence-electron chi connectivity index (χ2n) is 4.86. The summed E-state index contributed by atoms with van der Waals surface area (Å²) >= 11 is 0. The number of nitrogens with zero attached hydrogens (tertiary/aromatic N) is 1. The standard InChI is InChI=1S/C14H22N2O/c1-3-4-11(2)17-14-8-7-13(16-10-14)9-15-12-5-6-12/h7-8,10-12,15H,3-6,9H2,1-2H3. The second-order valence-corrected chi connectivity index (χ2v) is 4.86. The minimum atomic E-state index is 0.275. The van der Waals surface area contributed by atoms with Crippen LogP contribution in [-0.2, 0) is 6.54 Å². The fraction of sp³-hybridized carbons (Fsp3) is 0.643. The van der Waals surface area contributed by atoms with E-state index in [2.05, 4.69) is 24.1 Å². The zero-order valence-electron chi connectivity index (χ0n) is 10.8. The number of aromatic nitrogens is 1. The summed E-state index contributed by atoms with van der Waals surface area (Å²) < 4.78 is 5.76. The van der Waals surface area contributed by atoms with Crippen molar-refractivity contribution in [3.63, 3.8) is 0 Å². The maximum atomic E-state index is 5.76. The predicted molar refractivity (Wildman–Crippen MR) is 69.1 cm³/mol. The van der Waals surface area contributed by atoms with Crippen molar-refractivity contribution in [1.82, 2.24) is 10.3 Å². The van der Waals surface area contributed by atoms with Gasteiger partial charge in [-0.05, 0) is 38.3 Å². The molecular formula is C14H22N2O. The third-order valence-corrected chi connectivity index (χ3v) is 2.98. The van der Waals surface area contributed by atoms with Crippen LogP contribution in [0.2, 0.25) is 0 Å². The Bertz CT molecular complexity index is 333. The van der Waals surface area contributed by atoms with Gasteiger partial charge in [-0.25, -0.2) is 0 Å². The fourth-order valence-corrected chi connectivity index (χ4v) is 1.82. The van der Waals surface area contributed by atoms with Crippen LogP contribution in [0.5, 0.6) is 5.75 Å². The first-order valence-corrected chi connectivity index (χ1v) is 6.63. The number of rotatable bonds is 7. The van der Waals surface area contributed by atoms with Gasteiger partial charge in [0.2, 0.25) is 0 Å². The van der Waals surface area contributed by atoms with Crippen molar-refractivity contribution in [2.45, 2.75) is 58.2 Å². The van der Waals surface area contributed by atoms with Crippen LogP contribution in [0.4, 0.5) is 0 Å². The highest BCUT2D eigenvalue weighted by Gasteiger charge is 2.20. The molecule has 0 spiro atoms. The van der Waals surface area contributed by atoms with E-state index >= 15 is 0 Å². The molecule has 0 amide bonds. The molecule has 1 unspecified atom stereocenters. The van der Waals surface area contributed by atoms with Crippen molar-refractivity contribution >= 4 is 0 Å². The van der Waals surface area contributed by atoms with E-state index in [4.69, 9.17) is 4.74 Å². The number of hydrogen-bond acceptors (Lipinski definition) is 3. The summed E-state index contributed by atoms with van der Waals surface area (Å²) in [5.74, 6) is 0.876. The summed E-state index contributed by atoms with van der Waals surface area (Å²) in [7, 11) is 0. The summed E-state index contributed by atoms with van der Waals surface area (Å²) in [6, 6.07) is 4.80. The van der Waals surface area contributed by atoms with E-state index in [-0.39, 0.29) is 6.10 Å². The summed E-state index contributed by atoms with van der Waals surface area (Å²) in [4.78, 5) is 4.40. The summed E-state index contributed by atoms with van der Waals surface area (Å²) in [5.41, 5.74) is 1.09. The highest BCUT2D eigenvalue weighted by Crippen LogP contribution is 2.19. The Morgan fingerprint density at radius 1 is 1.47 bits per heavy atom. The minimum absolute atomic E-state index is 0.275. The maximum absolute atomic E-state index is 5.76. The molecule has 1 saturated carbocycles. The van der Waals surface area contributed by atoms with Gasteiger partial charge in [0.1, 0.15) is 5.75 Å². The molecule has 1 aromatic heterocycles. The average Bonchev–Trinajstić information content (AvgIpc) is 3.12. The molecule has 1 aromatic rings. The summed E-state index contributed by atoms with van der Waals surface area (Å²) in [6.45, 7) is 5.15. The van der Waals surface area contributed by atoms with Crippen LogP contribution in [0, 0.1) is 0 Å². The maximum Gasteiger partial charge on any atom is 0.138 e. The van der Waals surface area contributed by atoms with Crippen molar-refractivity contribution < 1.29 is 4.74 Å². The highest BCUT2D eigenvalue weighted by atomic mass is 16.5. The lowest BCUT2D eigenvalue weighted by molar-refractivity contribution is 0.209. The van der Waals surface area contributed by atoms with E-state index < -0.39 is 0 Å². The molecule has 0 saturated heterocycles. The van der Waals surface area contributed by atoms with Crippen LogP contribution in [0.1, 0.15) is 45.2 Å². The van der Waals surface area contributed by atoms with E-state index in [1.165, 1.54) is 12.8 Å². The van der Waals surface area contributed by atoms with Crippen LogP contribution >= 0.6 is 0 Å². The zero-order valence-corrected chi connectivity index (χ0v) is 10.8. The molecule has 94 valence electrons. The van der Waals surface area contributed by atoms with Gasteiger partial charge in [-0.2, -0.15) is 0 Å². The lowest BCUT2D eigenvalue weighted by atomic mass is 10.2. The van der Waals surface area contributed by atoms with E-state index in [1.807, 2.05) is 18.3 Å². The van der Waals surface area contributed by atoms with Gasteiger partial charge < -0.3 is 10.1 Å². The average molecular weight is 234 g/mol. The Kier molecular flexibility index (Phi) is 4.37. The lowest BCUT2D eigenvalue weighted by Gasteiger charge is -2.13. The number of ether oxygens (including phenoxy) is 1. The second kappa shape index (κ2) is 6.01. The molecule has 0 radical (unpaired) electrons. The van der Waals surface area contributed by atoms with Crippen molar-refractivity contribution in [3.05, 3.63) is 24.0 Å². The molecule has 3 nitrogen and oxygen atoms in total. The van der Waals surface area contributed by atoms with E-state index in [0.29, 0.717) is 0 Å². The molecule has 1 aliphatic rings. The number of pyridine rings is 1. The Morgan fingerprint density at radius 2 is 2.29 bits per heavy atom. The topological polar surface area (TPSA) is 34.1 Å². The van der Waals surface area contributed by atoms with Gasteiger partial charge in [0.15, 0.2) is 0 Å². The van der Waals surface area contributed by atoms with Gasteiger partial charge >= 0.3 is 0 Å². The van der Waals surface area contributed by atoms with Crippen molar-refractivity contribution in [1.29, 1.82) is 0 Å². The van der Waals surface area contributed by atoms with Gasteiger partial charge in [0.05, 0.1) is 18.0 Å². The Balaban J connectivity index is 1.79.